The molecule has 2 aromatic heterocycles. The van der Waals surface area contributed by atoms with E-state index in [4.69, 9.17) is 0 Å². The van der Waals surface area contributed by atoms with Crippen LogP contribution in [0.4, 0.5) is 0 Å². The monoisotopic (exact) mass is 261 g/mol. The Balaban J connectivity index is 2.08. The molecule has 0 saturated heterocycles. The number of nitrogens with zero attached hydrogens (tertiary/aromatic N) is 2. The molecular weight excluding hydrogens is 242 g/mol. The van der Waals surface area contributed by atoms with Gasteiger partial charge < -0.3 is 5.32 Å². The van der Waals surface area contributed by atoms with Gasteiger partial charge in [0.25, 0.3) is 0 Å². The molecule has 4 heteroatoms. The lowest BCUT2D eigenvalue weighted by Gasteiger charge is -2.18. The van der Waals surface area contributed by atoms with Gasteiger partial charge in [0.1, 0.15) is 0 Å². The second-order valence-corrected chi connectivity index (χ2v) is 5.95. The van der Waals surface area contributed by atoms with E-state index in [1.807, 2.05) is 24.4 Å². The second-order valence-electron chi connectivity index (χ2n) is 4.54. The lowest BCUT2D eigenvalue weighted by molar-refractivity contribution is 0.478. The molecule has 96 valence electrons. The molecule has 0 aromatic carbocycles. The lowest BCUT2D eigenvalue weighted by Crippen LogP contribution is -2.23. The first-order chi connectivity index (χ1) is 8.58. The summed E-state index contributed by atoms with van der Waals surface area (Å²) >= 11 is 1.75. The molecule has 0 saturated carbocycles. The minimum atomic E-state index is 0.225. The number of rotatable bonds is 4. The predicted octanol–water partition coefficient (Wildman–Crippen LogP) is 3.57. The number of nitrogens with one attached hydrogen (secondary N) is 1. The van der Waals surface area contributed by atoms with Gasteiger partial charge in [0.05, 0.1) is 16.4 Å². The number of thiazole rings is 1. The summed E-state index contributed by atoms with van der Waals surface area (Å²) < 4.78 is 0. The first-order valence-electron chi connectivity index (χ1n) is 6.19. The Labute approximate surface area is 112 Å². The fraction of sp³-hybridized carbons (Fsp3) is 0.429. The molecule has 0 bridgehead atoms. The highest BCUT2D eigenvalue weighted by Gasteiger charge is 2.16. The van der Waals surface area contributed by atoms with Crippen molar-refractivity contribution in [2.75, 3.05) is 0 Å². The number of hydrogen-bond donors (Lipinski definition) is 1. The van der Waals surface area contributed by atoms with Crippen molar-refractivity contribution >= 4 is 11.3 Å². The topological polar surface area (TPSA) is 37.8 Å². The van der Waals surface area contributed by atoms with Gasteiger partial charge in [0.15, 0.2) is 0 Å². The summed E-state index contributed by atoms with van der Waals surface area (Å²) in [6.45, 7) is 8.47. The van der Waals surface area contributed by atoms with Crippen molar-refractivity contribution in [2.24, 2.45) is 0 Å². The van der Waals surface area contributed by atoms with Gasteiger partial charge in [-0.15, -0.1) is 11.3 Å². The van der Waals surface area contributed by atoms with Crippen molar-refractivity contribution in [2.45, 2.75) is 39.8 Å². The smallest absolute Gasteiger partial charge is 0.0900 e. The summed E-state index contributed by atoms with van der Waals surface area (Å²) in [6, 6.07) is 6.47. The van der Waals surface area contributed by atoms with Crippen LogP contribution in [0.5, 0.6) is 0 Å². The maximum absolute atomic E-state index is 4.59. The Morgan fingerprint density at radius 2 is 1.94 bits per heavy atom. The molecule has 0 radical (unpaired) electrons. The molecule has 0 aliphatic carbocycles. The fourth-order valence-electron chi connectivity index (χ4n) is 2.12. The Morgan fingerprint density at radius 3 is 2.50 bits per heavy atom. The molecule has 2 heterocycles. The van der Waals surface area contributed by atoms with Crippen molar-refractivity contribution < 1.29 is 0 Å². The maximum atomic E-state index is 4.59. The van der Waals surface area contributed by atoms with Gasteiger partial charge in [0.2, 0.25) is 0 Å². The molecule has 0 spiro atoms. The minimum Gasteiger partial charge on any atom is -0.301 e. The standard InChI is InChI=1S/C14H19N3S/c1-9(13-7-5-6-8-15-13)16-10(2)14-11(3)18-12(4)17-14/h5-10,16H,1-4H3/t9-,10?/m1/s1. The largest absolute Gasteiger partial charge is 0.301 e. The summed E-state index contributed by atoms with van der Waals surface area (Å²) in [5, 5.41) is 4.67. The summed E-state index contributed by atoms with van der Waals surface area (Å²) in [5.74, 6) is 0. The van der Waals surface area contributed by atoms with Crippen molar-refractivity contribution in [3.05, 3.63) is 45.7 Å². The van der Waals surface area contributed by atoms with Crippen LogP contribution < -0.4 is 5.32 Å². The zero-order valence-electron chi connectivity index (χ0n) is 11.3. The third-order valence-electron chi connectivity index (χ3n) is 2.98. The molecule has 0 aliphatic rings. The fourth-order valence-corrected chi connectivity index (χ4v) is 3.03. The molecule has 2 aromatic rings. The van der Waals surface area contributed by atoms with Crippen molar-refractivity contribution in [1.82, 2.24) is 15.3 Å². The SMILES string of the molecule is Cc1nc(C(C)N[C@H](C)c2ccccn2)c(C)s1. The van der Waals surface area contributed by atoms with Crippen LogP contribution in [0.3, 0.4) is 0 Å². The van der Waals surface area contributed by atoms with E-state index in [0.29, 0.717) is 0 Å². The van der Waals surface area contributed by atoms with Gasteiger partial charge in [-0.25, -0.2) is 4.98 Å². The number of hydrogen-bond acceptors (Lipinski definition) is 4. The summed E-state index contributed by atoms with van der Waals surface area (Å²) in [4.78, 5) is 10.3. The van der Waals surface area contributed by atoms with E-state index in [2.05, 4.69) is 43.0 Å². The molecule has 1 N–H and O–H groups in total. The van der Waals surface area contributed by atoms with E-state index in [1.165, 1.54) is 4.88 Å². The average molecular weight is 261 g/mol. The van der Waals surface area contributed by atoms with Crippen LogP contribution in [0.25, 0.3) is 0 Å². The van der Waals surface area contributed by atoms with E-state index < -0.39 is 0 Å². The molecule has 18 heavy (non-hydrogen) atoms. The summed E-state index contributed by atoms with van der Waals surface area (Å²) in [5.41, 5.74) is 2.22. The molecule has 0 fully saturated rings. The molecule has 0 amide bonds. The molecule has 1 unspecified atom stereocenters. The van der Waals surface area contributed by atoms with Gasteiger partial charge in [-0.3, -0.25) is 4.98 Å². The number of aromatic nitrogens is 2. The van der Waals surface area contributed by atoms with E-state index >= 15 is 0 Å². The molecule has 2 rings (SSSR count). The average Bonchev–Trinajstić information content (AvgIpc) is 2.69. The van der Waals surface area contributed by atoms with E-state index in [9.17, 15) is 0 Å². The molecule has 3 nitrogen and oxygen atoms in total. The van der Waals surface area contributed by atoms with Crippen LogP contribution in [0.15, 0.2) is 24.4 Å². The third kappa shape index (κ3) is 2.94. The zero-order chi connectivity index (χ0) is 13.1. The first-order valence-corrected chi connectivity index (χ1v) is 7.00. The Kier molecular flexibility index (Phi) is 4.09. The zero-order valence-corrected chi connectivity index (χ0v) is 12.1. The number of aryl methyl sites for hydroxylation is 2. The van der Waals surface area contributed by atoms with E-state index in [0.717, 1.165) is 16.4 Å². The van der Waals surface area contributed by atoms with Gasteiger partial charge in [-0.1, -0.05) is 6.07 Å². The van der Waals surface area contributed by atoms with Crippen molar-refractivity contribution in [1.29, 1.82) is 0 Å². The second kappa shape index (κ2) is 5.59. The van der Waals surface area contributed by atoms with Gasteiger partial charge in [-0.2, -0.15) is 0 Å². The predicted molar refractivity (Wildman–Crippen MR) is 75.8 cm³/mol. The Hall–Kier alpha value is -1.26. The van der Waals surface area contributed by atoms with Crippen LogP contribution in [-0.4, -0.2) is 9.97 Å². The highest BCUT2D eigenvalue weighted by Crippen LogP contribution is 2.24. The highest BCUT2D eigenvalue weighted by atomic mass is 32.1. The van der Waals surface area contributed by atoms with Crippen molar-refractivity contribution in [3.8, 4) is 0 Å². The Bertz CT molecular complexity index is 507. The number of pyridine rings is 1. The molecular formula is C14H19N3S. The van der Waals surface area contributed by atoms with E-state index in [-0.39, 0.29) is 12.1 Å². The quantitative estimate of drug-likeness (QED) is 0.914. The normalized spacial score (nSPS) is 14.4. The summed E-state index contributed by atoms with van der Waals surface area (Å²) in [7, 11) is 0. The van der Waals surface area contributed by atoms with Gasteiger partial charge in [0, 0.05) is 23.2 Å². The van der Waals surface area contributed by atoms with Crippen molar-refractivity contribution in [3.63, 3.8) is 0 Å². The van der Waals surface area contributed by atoms with E-state index in [1.54, 1.807) is 11.3 Å². The maximum Gasteiger partial charge on any atom is 0.0900 e. The van der Waals surface area contributed by atoms with Crippen LogP contribution in [0.1, 0.15) is 47.2 Å². The Morgan fingerprint density at radius 1 is 1.17 bits per heavy atom. The van der Waals surface area contributed by atoms with Gasteiger partial charge in [-0.05, 0) is 39.8 Å². The first kappa shape index (κ1) is 13.2. The van der Waals surface area contributed by atoms with Crippen LogP contribution in [0.2, 0.25) is 0 Å². The molecule has 2 atom stereocenters. The highest BCUT2D eigenvalue weighted by molar-refractivity contribution is 7.11. The van der Waals surface area contributed by atoms with Gasteiger partial charge >= 0.3 is 0 Å². The molecule has 0 aliphatic heterocycles. The minimum absolute atomic E-state index is 0.225. The third-order valence-corrected chi connectivity index (χ3v) is 3.88. The lowest BCUT2D eigenvalue weighted by atomic mass is 10.1. The van der Waals surface area contributed by atoms with Crippen LogP contribution in [-0.2, 0) is 0 Å². The van der Waals surface area contributed by atoms with Crippen LogP contribution >= 0.6 is 11.3 Å². The summed E-state index contributed by atoms with van der Waals surface area (Å²) in [6.07, 6.45) is 1.83. The van der Waals surface area contributed by atoms with Crippen LogP contribution in [0, 0.1) is 13.8 Å².